The molecule has 130 valence electrons. The molecule has 0 N–H and O–H groups in total. The third-order valence-corrected chi connectivity index (χ3v) is 5.59. The van der Waals surface area contributed by atoms with Crippen LogP contribution in [0.5, 0.6) is 5.75 Å². The Morgan fingerprint density at radius 3 is 2.84 bits per heavy atom. The van der Waals surface area contributed by atoms with Gasteiger partial charge in [0.1, 0.15) is 16.9 Å². The van der Waals surface area contributed by atoms with Crippen molar-refractivity contribution in [2.75, 3.05) is 31.6 Å². The smallest absolute Gasteiger partial charge is 0.143 e. The Morgan fingerprint density at radius 2 is 2.00 bits per heavy atom. The van der Waals surface area contributed by atoms with E-state index in [1.165, 1.54) is 10.4 Å². The normalized spacial score (nSPS) is 16.9. The first-order chi connectivity index (χ1) is 12.2. The molecule has 0 radical (unpaired) electrons. The number of aromatic nitrogens is 1. The van der Waals surface area contributed by atoms with Gasteiger partial charge in [-0.1, -0.05) is 24.3 Å². The van der Waals surface area contributed by atoms with Gasteiger partial charge in [0, 0.05) is 13.1 Å². The largest absolute Gasteiger partial charge is 0.485 e. The van der Waals surface area contributed by atoms with Crippen LogP contribution in [-0.2, 0) is 6.54 Å². The quantitative estimate of drug-likeness (QED) is 0.693. The van der Waals surface area contributed by atoms with E-state index in [1.54, 1.807) is 11.3 Å². The van der Waals surface area contributed by atoms with Gasteiger partial charge in [0.25, 0.3) is 0 Å². The summed E-state index contributed by atoms with van der Waals surface area (Å²) < 4.78 is 7.49. The summed E-state index contributed by atoms with van der Waals surface area (Å²) in [5.74, 6) is 0.994. The number of fused-ring (bicyclic) bond motifs is 2. The summed E-state index contributed by atoms with van der Waals surface area (Å²) in [6, 6.07) is 16.7. The number of likely N-dealkylation sites (N-methyl/N-ethyl adjacent to an activating group) is 2. The molecule has 0 spiro atoms. The number of nitrogens with zero attached hydrogens (tertiary/aromatic N) is 3. The number of ether oxygens (including phenoxy) is 1. The minimum atomic E-state index is 0.175. The summed E-state index contributed by atoms with van der Waals surface area (Å²) in [5.41, 5.74) is 2.30. The zero-order chi connectivity index (χ0) is 17.2. The fraction of sp³-hybridized carbons (Fsp3) is 0.350. The average Bonchev–Trinajstić information content (AvgIpc) is 3.02. The summed E-state index contributed by atoms with van der Waals surface area (Å²) in [7, 11) is 2.15. The molecule has 1 aromatic heterocycles. The van der Waals surface area contributed by atoms with Crippen LogP contribution in [0.2, 0.25) is 0 Å². The Kier molecular flexibility index (Phi) is 4.59. The lowest BCUT2D eigenvalue weighted by Crippen LogP contribution is -2.45. The van der Waals surface area contributed by atoms with Gasteiger partial charge in [-0.15, -0.1) is 11.3 Å². The van der Waals surface area contributed by atoms with Crippen LogP contribution in [0.4, 0.5) is 5.69 Å². The standard InChI is InChI=1S/C20H23N3OS/c1-3-23-13-15(24-18-10-6-5-9-17(18)23)12-22(2)14-20-21-16-8-4-7-11-19(16)25-20/h4-11,15H,3,12-14H2,1-2H3. The number of para-hydroxylation sites is 3. The van der Waals surface area contributed by atoms with Crippen molar-refractivity contribution in [3.63, 3.8) is 0 Å². The molecule has 0 saturated heterocycles. The fourth-order valence-corrected chi connectivity index (χ4v) is 4.45. The van der Waals surface area contributed by atoms with E-state index >= 15 is 0 Å². The average molecular weight is 353 g/mol. The first kappa shape index (κ1) is 16.4. The minimum absolute atomic E-state index is 0.175. The zero-order valence-electron chi connectivity index (χ0n) is 14.7. The van der Waals surface area contributed by atoms with Crippen LogP contribution in [0.1, 0.15) is 11.9 Å². The highest BCUT2D eigenvalue weighted by Crippen LogP contribution is 2.33. The molecule has 0 bridgehead atoms. The van der Waals surface area contributed by atoms with Gasteiger partial charge >= 0.3 is 0 Å². The Morgan fingerprint density at radius 1 is 1.20 bits per heavy atom. The van der Waals surface area contributed by atoms with Crippen molar-refractivity contribution in [2.45, 2.75) is 19.6 Å². The fourth-order valence-electron chi connectivity index (χ4n) is 3.40. The van der Waals surface area contributed by atoms with Gasteiger partial charge in [0.2, 0.25) is 0 Å². The summed E-state index contributed by atoms with van der Waals surface area (Å²) in [4.78, 5) is 9.45. The lowest BCUT2D eigenvalue weighted by atomic mass is 10.2. The lowest BCUT2D eigenvalue weighted by Gasteiger charge is -2.37. The molecule has 0 amide bonds. The van der Waals surface area contributed by atoms with E-state index in [0.717, 1.165) is 42.5 Å². The molecule has 2 heterocycles. The second-order valence-corrected chi connectivity index (χ2v) is 7.63. The number of hydrogen-bond donors (Lipinski definition) is 0. The van der Waals surface area contributed by atoms with Gasteiger partial charge in [0.05, 0.1) is 29.0 Å². The molecule has 4 rings (SSSR count). The molecule has 2 aromatic carbocycles. The molecule has 1 aliphatic rings. The van der Waals surface area contributed by atoms with Crippen molar-refractivity contribution >= 4 is 27.2 Å². The third kappa shape index (κ3) is 3.48. The van der Waals surface area contributed by atoms with Crippen molar-refractivity contribution in [1.82, 2.24) is 9.88 Å². The molecule has 25 heavy (non-hydrogen) atoms. The maximum absolute atomic E-state index is 6.23. The highest BCUT2D eigenvalue weighted by Gasteiger charge is 2.25. The van der Waals surface area contributed by atoms with E-state index in [-0.39, 0.29) is 6.10 Å². The summed E-state index contributed by atoms with van der Waals surface area (Å²) >= 11 is 1.78. The van der Waals surface area contributed by atoms with Crippen LogP contribution in [0.15, 0.2) is 48.5 Å². The van der Waals surface area contributed by atoms with E-state index in [0.29, 0.717) is 0 Å². The SMILES string of the molecule is CCN1CC(CN(C)Cc2nc3ccccc3s2)Oc2ccccc21. The van der Waals surface area contributed by atoms with Gasteiger partial charge in [-0.25, -0.2) is 4.98 Å². The molecule has 0 aliphatic carbocycles. The Labute approximate surface area is 152 Å². The van der Waals surface area contributed by atoms with Crippen molar-refractivity contribution in [3.05, 3.63) is 53.5 Å². The van der Waals surface area contributed by atoms with Crippen molar-refractivity contribution < 1.29 is 4.74 Å². The molecule has 3 aromatic rings. The van der Waals surface area contributed by atoms with Crippen LogP contribution in [-0.4, -0.2) is 42.7 Å². The van der Waals surface area contributed by atoms with Crippen LogP contribution >= 0.6 is 11.3 Å². The van der Waals surface area contributed by atoms with Gasteiger partial charge < -0.3 is 9.64 Å². The van der Waals surface area contributed by atoms with Gasteiger partial charge in [0.15, 0.2) is 0 Å². The molecular weight excluding hydrogens is 330 g/mol. The number of rotatable bonds is 5. The number of thiazole rings is 1. The summed E-state index contributed by atoms with van der Waals surface area (Å²) in [6.45, 7) is 5.87. The monoisotopic (exact) mass is 353 g/mol. The lowest BCUT2D eigenvalue weighted by molar-refractivity contribution is 0.140. The molecule has 1 atom stereocenters. The molecule has 4 nitrogen and oxygen atoms in total. The van der Waals surface area contributed by atoms with Crippen molar-refractivity contribution in [1.29, 1.82) is 0 Å². The molecule has 0 saturated carbocycles. The first-order valence-corrected chi connectivity index (χ1v) is 9.58. The maximum Gasteiger partial charge on any atom is 0.143 e. The van der Waals surface area contributed by atoms with Gasteiger partial charge in [-0.05, 0) is 38.2 Å². The van der Waals surface area contributed by atoms with Crippen LogP contribution in [0, 0.1) is 0 Å². The summed E-state index contributed by atoms with van der Waals surface area (Å²) in [6.07, 6.45) is 0.175. The Balaban J connectivity index is 1.43. The zero-order valence-corrected chi connectivity index (χ0v) is 15.5. The third-order valence-electron chi connectivity index (χ3n) is 4.56. The van der Waals surface area contributed by atoms with Crippen molar-refractivity contribution in [2.24, 2.45) is 0 Å². The highest BCUT2D eigenvalue weighted by molar-refractivity contribution is 7.18. The second kappa shape index (κ2) is 7.02. The predicted octanol–water partition coefficient (Wildman–Crippen LogP) is 4.02. The Bertz CT molecular complexity index is 830. The van der Waals surface area contributed by atoms with Crippen LogP contribution in [0.25, 0.3) is 10.2 Å². The van der Waals surface area contributed by atoms with Crippen LogP contribution < -0.4 is 9.64 Å². The minimum Gasteiger partial charge on any atom is -0.485 e. The van der Waals surface area contributed by atoms with E-state index < -0.39 is 0 Å². The topological polar surface area (TPSA) is 28.6 Å². The molecule has 0 fully saturated rings. The van der Waals surface area contributed by atoms with E-state index in [2.05, 4.69) is 60.2 Å². The predicted molar refractivity (Wildman–Crippen MR) is 105 cm³/mol. The van der Waals surface area contributed by atoms with E-state index in [1.807, 2.05) is 12.1 Å². The molecule has 5 heteroatoms. The van der Waals surface area contributed by atoms with Gasteiger partial charge in [-0.2, -0.15) is 0 Å². The number of benzene rings is 2. The second-order valence-electron chi connectivity index (χ2n) is 6.52. The maximum atomic E-state index is 6.23. The Hall–Kier alpha value is -2.11. The number of hydrogen-bond acceptors (Lipinski definition) is 5. The molecule has 1 aliphatic heterocycles. The molecular formula is C20H23N3OS. The highest BCUT2D eigenvalue weighted by atomic mass is 32.1. The van der Waals surface area contributed by atoms with Crippen molar-refractivity contribution in [3.8, 4) is 5.75 Å². The van der Waals surface area contributed by atoms with Gasteiger partial charge in [-0.3, -0.25) is 4.90 Å². The first-order valence-electron chi connectivity index (χ1n) is 8.76. The van der Waals surface area contributed by atoms with E-state index in [9.17, 15) is 0 Å². The van der Waals surface area contributed by atoms with Crippen LogP contribution in [0.3, 0.4) is 0 Å². The molecule has 1 unspecified atom stereocenters. The number of anilines is 1. The summed E-state index contributed by atoms with van der Waals surface area (Å²) in [5, 5.41) is 1.16. The van der Waals surface area contributed by atoms with E-state index in [4.69, 9.17) is 9.72 Å².